The summed E-state index contributed by atoms with van der Waals surface area (Å²) in [5.41, 5.74) is 0.970. The van der Waals surface area contributed by atoms with Crippen molar-refractivity contribution in [2.45, 2.75) is 24.8 Å². The lowest BCUT2D eigenvalue weighted by molar-refractivity contribution is -0.137. The molecule has 3 aliphatic rings. The van der Waals surface area contributed by atoms with Crippen LogP contribution in [0.5, 0.6) is 0 Å². The maximum absolute atomic E-state index is 13.3. The zero-order valence-corrected chi connectivity index (χ0v) is 17.6. The predicted molar refractivity (Wildman–Crippen MR) is 114 cm³/mol. The Morgan fingerprint density at radius 3 is 2.47 bits per heavy atom. The van der Waals surface area contributed by atoms with Gasteiger partial charge in [0.05, 0.1) is 24.5 Å². The van der Waals surface area contributed by atoms with Crippen LogP contribution in [-0.4, -0.2) is 35.0 Å². The number of hydrogen-bond acceptors (Lipinski definition) is 3. The van der Waals surface area contributed by atoms with Gasteiger partial charge in [0.1, 0.15) is 5.60 Å². The molecule has 0 aliphatic carbocycles. The molecule has 7 heteroatoms. The summed E-state index contributed by atoms with van der Waals surface area (Å²) in [4.78, 5) is 28.1. The Morgan fingerprint density at radius 2 is 1.77 bits per heavy atom. The molecule has 0 aromatic heterocycles. The van der Waals surface area contributed by atoms with Crippen molar-refractivity contribution in [3.05, 3.63) is 81.9 Å². The third-order valence-corrected chi connectivity index (χ3v) is 6.95. The molecule has 0 radical (unpaired) electrons. The van der Waals surface area contributed by atoms with Gasteiger partial charge in [-0.1, -0.05) is 71.8 Å². The summed E-state index contributed by atoms with van der Waals surface area (Å²) in [6, 6.07) is 14.8. The molecule has 2 bridgehead atoms. The molecule has 4 atom stereocenters. The molecule has 1 N–H and O–H groups in total. The van der Waals surface area contributed by atoms with E-state index in [4.69, 9.17) is 27.9 Å². The van der Waals surface area contributed by atoms with Gasteiger partial charge in [0, 0.05) is 23.1 Å². The third-order valence-electron chi connectivity index (χ3n) is 6.21. The molecular formula is C23H20Cl2N2O3. The molecule has 5 nitrogen and oxygen atoms in total. The van der Waals surface area contributed by atoms with Crippen molar-refractivity contribution in [3.8, 4) is 0 Å². The van der Waals surface area contributed by atoms with Crippen molar-refractivity contribution in [1.29, 1.82) is 0 Å². The highest BCUT2D eigenvalue weighted by molar-refractivity contribution is 6.31. The fourth-order valence-electron chi connectivity index (χ4n) is 4.79. The lowest BCUT2D eigenvalue weighted by atomic mass is 9.77. The van der Waals surface area contributed by atoms with Crippen LogP contribution in [0.2, 0.25) is 10.0 Å². The van der Waals surface area contributed by atoms with Gasteiger partial charge >= 0.3 is 0 Å². The van der Waals surface area contributed by atoms with Crippen molar-refractivity contribution in [3.63, 3.8) is 0 Å². The number of rotatable bonds is 5. The Morgan fingerprint density at radius 1 is 1.10 bits per heavy atom. The Hall–Kier alpha value is -2.34. The van der Waals surface area contributed by atoms with E-state index in [2.05, 4.69) is 5.32 Å². The van der Waals surface area contributed by atoms with Gasteiger partial charge in [-0.05, 0) is 23.3 Å². The summed E-state index contributed by atoms with van der Waals surface area (Å²) in [5, 5.41) is 4.16. The number of halogens is 2. The molecular weight excluding hydrogens is 423 g/mol. The first kappa shape index (κ1) is 19.6. The maximum Gasteiger partial charge on any atom is 0.230 e. The third kappa shape index (κ3) is 3.13. The molecule has 3 aliphatic heterocycles. The van der Waals surface area contributed by atoms with E-state index >= 15 is 0 Å². The number of benzene rings is 2. The number of ether oxygens (including phenoxy) is 1. The summed E-state index contributed by atoms with van der Waals surface area (Å²) in [5.74, 6) is -1.34. The van der Waals surface area contributed by atoms with Crippen LogP contribution < -0.4 is 5.32 Å². The monoisotopic (exact) mass is 442 g/mol. The number of nitrogens with zero attached hydrogens (tertiary/aromatic N) is 1. The van der Waals surface area contributed by atoms with Crippen molar-refractivity contribution >= 4 is 35.0 Å². The van der Waals surface area contributed by atoms with Gasteiger partial charge in [0.15, 0.2) is 0 Å². The highest BCUT2D eigenvalue weighted by Crippen LogP contribution is 2.52. The number of carbonyl (C=O) groups excluding carboxylic acids is 2. The zero-order valence-electron chi connectivity index (χ0n) is 16.1. The van der Waals surface area contributed by atoms with Crippen LogP contribution in [0.15, 0.2) is 60.7 Å². The van der Waals surface area contributed by atoms with Crippen LogP contribution in [0, 0.1) is 11.8 Å². The minimum atomic E-state index is -0.741. The molecule has 2 amide bonds. The van der Waals surface area contributed by atoms with E-state index in [0.29, 0.717) is 29.7 Å². The minimum Gasteiger partial charge on any atom is -0.360 e. The van der Waals surface area contributed by atoms with Gasteiger partial charge in [-0.25, -0.2) is 0 Å². The molecule has 2 aromatic rings. The summed E-state index contributed by atoms with van der Waals surface area (Å²) in [7, 11) is 0. The second-order valence-electron chi connectivity index (χ2n) is 7.99. The van der Waals surface area contributed by atoms with Gasteiger partial charge in [-0.15, -0.1) is 0 Å². The van der Waals surface area contributed by atoms with Crippen LogP contribution in [0.3, 0.4) is 0 Å². The van der Waals surface area contributed by atoms with Gasteiger partial charge < -0.3 is 15.0 Å². The molecule has 2 saturated heterocycles. The van der Waals surface area contributed by atoms with Crippen molar-refractivity contribution in [2.24, 2.45) is 11.8 Å². The van der Waals surface area contributed by atoms with Crippen LogP contribution in [0.4, 0.5) is 0 Å². The first-order valence-corrected chi connectivity index (χ1v) is 10.6. The minimum absolute atomic E-state index is 0.0698. The molecule has 2 aromatic carbocycles. The first-order valence-electron chi connectivity index (χ1n) is 9.89. The van der Waals surface area contributed by atoms with Gasteiger partial charge in [0.25, 0.3) is 0 Å². The van der Waals surface area contributed by atoms with Crippen LogP contribution in [0.25, 0.3) is 0 Å². The smallest absolute Gasteiger partial charge is 0.230 e. The van der Waals surface area contributed by atoms with Crippen molar-refractivity contribution < 1.29 is 14.3 Å². The molecule has 0 saturated carbocycles. The summed E-state index contributed by atoms with van der Waals surface area (Å²) < 4.78 is 6.17. The van der Waals surface area contributed by atoms with E-state index in [0.717, 1.165) is 11.1 Å². The molecule has 154 valence electrons. The lowest BCUT2D eigenvalue weighted by Crippen LogP contribution is -2.43. The molecule has 2 fully saturated rings. The van der Waals surface area contributed by atoms with E-state index in [1.165, 1.54) is 0 Å². The lowest BCUT2D eigenvalue weighted by Gasteiger charge is -2.23. The SMILES string of the molecule is O=C(NCc1ccccc1Cl)[C@H]1[C@@H]2C=C[C@]3(CN(Cc4ccccc4Cl)C(=O)[C@H]13)O2. The second kappa shape index (κ2) is 7.41. The number of nitrogens with one attached hydrogen (secondary N) is 1. The normalized spacial score (nSPS) is 28.8. The number of carbonyl (C=O) groups is 2. The largest absolute Gasteiger partial charge is 0.360 e. The zero-order chi connectivity index (χ0) is 20.9. The van der Waals surface area contributed by atoms with Crippen molar-refractivity contribution in [2.75, 3.05) is 6.54 Å². The Balaban J connectivity index is 1.34. The van der Waals surface area contributed by atoms with E-state index in [-0.39, 0.29) is 17.9 Å². The van der Waals surface area contributed by atoms with Gasteiger partial charge in [-0.2, -0.15) is 0 Å². The van der Waals surface area contributed by atoms with E-state index in [1.807, 2.05) is 54.6 Å². The standard InChI is InChI=1S/C23H20Cl2N2O3/c24-16-7-3-1-5-14(16)11-26-21(28)19-18-9-10-23(30-18)13-27(22(29)20(19)23)12-15-6-2-4-8-17(15)25/h1-10,18-20H,11-13H2,(H,26,28)/t18-,19-,20-,23+/m0/s1. The van der Waals surface area contributed by atoms with Crippen LogP contribution in [0.1, 0.15) is 11.1 Å². The maximum atomic E-state index is 13.3. The van der Waals surface area contributed by atoms with Crippen LogP contribution >= 0.6 is 23.2 Å². The first-order chi connectivity index (χ1) is 14.5. The summed E-state index contributed by atoms with van der Waals surface area (Å²) in [6.07, 6.45) is 3.47. The quantitative estimate of drug-likeness (QED) is 0.719. The Bertz CT molecular complexity index is 1060. The highest BCUT2D eigenvalue weighted by Gasteiger charge is 2.66. The molecule has 1 spiro atoms. The highest BCUT2D eigenvalue weighted by atomic mass is 35.5. The van der Waals surface area contributed by atoms with Crippen molar-refractivity contribution in [1.82, 2.24) is 10.2 Å². The second-order valence-corrected chi connectivity index (χ2v) is 8.81. The van der Waals surface area contributed by atoms with Gasteiger partial charge in [0.2, 0.25) is 11.8 Å². The molecule has 3 heterocycles. The number of fused-ring (bicyclic) bond motifs is 1. The van der Waals surface area contributed by atoms with E-state index in [1.54, 1.807) is 11.0 Å². The summed E-state index contributed by atoms with van der Waals surface area (Å²) >= 11 is 12.5. The van der Waals surface area contributed by atoms with Gasteiger partial charge in [-0.3, -0.25) is 9.59 Å². The Kier molecular flexibility index (Phi) is 4.85. The molecule has 0 unspecified atom stereocenters. The topological polar surface area (TPSA) is 58.6 Å². The average molecular weight is 443 g/mol. The molecule has 5 rings (SSSR count). The fraction of sp³-hybridized carbons (Fsp3) is 0.304. The number of amides is 2. The average Bonchev–Trinajstić information content (AvgIpc) is 3.37. The number of likely N-dealkylation sites (tertiary alicyclic amines) is 1. The van der Waals surface area contributed by atoms with E-state index in [9.17, 15) is 9.59 Å². The summed E-state index contributed by atoms with van der Waals surface area (Å²) in [6.45, 7) is 1.12. The van der Waals surface area contributed by atoms with Crippen LogP contribution in [-0.2, 0) is 27.4 Å². The van der Waals surface area contributed by atoms with E-state index < -0.39 is 17.4 Å². The Labute approximate surface area is 184 Å². The fourth-order valence-corrected chi connectivity index (χ4v) is 5.18. The molecule has 30 heavy (non-hydrogen) atoms. The predicted octanol–water partition coefficient (Wildman–Crippen LogP) is 3.59. The number of hydrogen-bond donors (Lipinski definition) is 1.